The minimum atomic E-state index is -0.0321. The van der Waals surface area contributed by atoms with Gasteiger partial charge in [0.05, 0.1) is 5.56 Å². The quantitative estimate of drug-likeness (QED) is 0.787. The molecule has 1 aromatic heterocycles. The first-order valence-electron chi connectivity index (χ1n) is 7.90. The number of amides is 1. The molecule has 0 bridgehead atoms. The van der Waals surface area contributed by atoms with Crippen molar-refractivity contribution in [3.8, 4) is 6.07 Å². The van der Waals surface area contributed by atoms with E-state index in [4.69, 9.17) is 0 Å². The van der Waals surface area contributed by atoms with Crippen molar-refractivity contribution in [2.24, 2.45) is 0 Å². The average Bonchev–Trinajstić information content (AvgIpc) is 2.56. The molecule has 0 aliphatic heterocycles. The number of carbonyl (C=O) groups excluding carboxylic acids is 1. The largest absolute Gasteiger partial charge is 0.326 e. The summed E-state index contributed by atoms with van der Waals surface area (Å²) in [5.41, 5.74) is 3.39. The second kappa shape index (κ2) is 8.51. The number of hydrogen-bond donors (Lipinski definition) is 1. The summed E-state index contributed by atoms with van der Waals surface area (Å²) in [5, 5.41) is 12.8. The van der Waals surface area contributed by atoms with Crippen LogP contribution in [-0.4, -0.2) is 16.6 Å². The van der Waals surface area contributed by atoms with Gasteiger partial charge in [-0.05, 0) is 36.6 Å². The molecule has 2 aromatic rings. The highest BCUT2D eigenvalue weighted by Crippen LogP contribution is 2.24. The summed E-state index contributed by atoms with van der Waals surface area (Å²) in [4.78, 5) is 16.6. The highest BCUT2D eigenvalue weighted by atomic mass is 32.2. The number of carbonyl (C=O) groups is 1. The molecule has 124 valence electrons. The van der Waals surface area contributed by atoms with E-state index in [0.29, 0.717) is 28.7 Å². The minimum Gasteiger partial charge on any atom is -0.326 e. The van der Waals surface area contributed by atoms with Gasteiger partial charge in [0.1, 0.15) is 11.1 Å². The van der Waals surface area contributed by atoms with Gasteiger partial charge in [-0.3, -0.25) is 4.79 Å². The van der Waals surface area contributed by atoms with E-state index in [1.165, 1.54) is 11.8 Å². The number of nitrogens with one attached hydrogen (secondary N) is 1. The molecule has 0 saturated carbocycles. The van der Waals surface area contributed by atoms with Gasteiger partial charge in [-0.25, -0.2) is 4.98 Å². The van der Waals surface area contributed by atoms with Crippen LogP contribution in [-0.2, 0) is 4.79 Å². The molecule has 0 aliphatic carbocycles. The number of aromatic nitrogens is 1. The first-order valence-corrected chi connectivity index (χ1v) is 8.89. The van der Waals surface area contributed by atoms with Gasteiger partial charge in [-0.1, -0.05) is 32.0 Å². The Balaban J connectivity index is 1.94. The Hall–Kier alpha value is -2.32. The molecule has 1 amide bonds. The van der Waals surface area contributed by atoms with Crippen molar-refractivity contribution in [1.82, 2.24) is 4.98 Å². The number of aryl methyl sites for hydroxylation is 1. The maximum atomic E-state index is 12.1. The summed E-state index contributed by atoms with van der Waals surface area (Å²) in [6.07, 6.45) is 0.372. The number of nitriles is 1. The van der Waals surface area contributed by atoms with Crippen molar-refractivity contribution < 1.29 is 4.79 Å². The van der Waals surface area contributed by atoms with Crippen molar-refractivity contribution in [2.45, 2.75) is 38.1 Å². The van der Waals surface area contributed by atoms with E-state index < -0.39 is 0 Å². The van der Waals surface area contributed by atoms with Gasteiger partial charge in [0.2, 0.25) is 5.91 Å². The zero-order valence-corrected chi connectivity index (χ0v) is 15.0. The molecule has 1 N–H and O–H groups in total. The molecule has 0 radical (unpaired) electrons. The van der Waals surface area contributed by atoms with E-state index in [0.717, 1.165) is 16.9 Å². The smallest absolute Gasteiger partial charge is 0.225 e. The van der Waals surface area contributed by atoms with Crippen LogP contribution >= 0.6 is 11.8 Å². The van der Waals surface area contributed by atoms with Gasteiger partial charge in [-0.15, -0.1) is 11.8 Å². The third-order valence-electron chi connectivity index (χ3n) is 3.58. The molecule has 0 fully saturated rings. The van der Waals surface area contributed by atoms with Crippen molar-refractivity contribution in [3.63, 3.8) is 0 Å². The maximum Gasteiger partial charge on any atom is 0.225 e. The number of anilines is 1. The Kier molecular flexibility index (Phi) is 6.39. The van der Waals surface area contributed by atoms with Crippen molar-refractivity contribution >= 4 is 23.4 Å². The lowest BCUT2D eigenvalue weighted by Crippen LogP contribution is -2.13. The number of para-hydroxylation sites is 1. The highest BCUT2D eigenvalue weighted by Gasteiger charge is 2.10. The second-order valence-corrected chi connectivity index (χ2v) is 6.90. The van der Waals surface area contributed by atoms with Crippen LogP contribution in [0.3, 0.4) is 0 Å². The number of hydrogen-bond acceptors (Lipinski definition) is 4. The van der Waals surface area contributed by atoms with Gasteiger partial charge in [0.15, 0.2) is 0 Å². The molecule has 5 heteroatoms. The fraction of sp³-hybridized carbons (Fsp3) is 0.316. The van der Waals surface area contributed by atoms with Crippen LogP contribution in [0.25, 0.3) is 0 Å². The number of nitrogens with zero attached hydrogens (tertiary/aromatic N) is 2. The number of rotatable bonds is 6. The average molecular weight is 339 g/mol. The van der Waals surface area contributed by atoms with Gasteiger partial charge in [-0.2, -0.15) is 5.26 Å². The summed E-state index contributed by atoms with van der Waals surface area (Å²) in [6, 6.07) is 13.6. The van der Waals surface area contributed by atoms with Crippen molar-refractivity contribution in [3.05, 3.63) is 53.2 Å². The Morgan fingerprint density at radius 2 is 2.04 bits per heavy atom. The van der Waals surface area contributed by atoms with Crippen molar-refractivity contribution in [1.29, 1.82) is 5.26 Å². The van der Waals surface area contributed by atoms with Gasteiger partial charge >= 0.3 is 0 Å². The Morgan fingerprint density at radius 1 is 1.29 bits per heavy atom. The molecule has 0 aliphatic rings. The standard InChI is InChI=1S/C19H21N3OS/c1-13(2)16-9-8-15(12-20)19(22-16)24-11-10-18(23)21-17-7-5-4-6-14(17)3/h4-9,13H,10-11H2,1-3H3,(H,21,23). The Labute approximate surface area is 147 Å². The van der Waals surface area contributed by atoms with Crippen LogP contribution in [0, 0.1) is 18.3 Å². The van der Waals surface area contributed by atoms with Crippen LogP contribution < -0.4 is 5.32 Å². The summed E-state index contributed by atoms with van der Waals surface area (Å²) in [7, 11) is 0. The van der Waals surface area contributed by atoms with E-state index in [2.05, 4.69) is 30.2 Å². The third kappa shape index (κ3) is 4.84. The molecule has 24 heavy (non-hydrogen) atoms. The van der Waals surface area contributed by atoms with E-state index in [9.17, 15) is 10.1 Å². The second-order valence-electron chi connectivity index (χ2n) is 5.82. The predicted octanol–water partition coefficient (Wildman–Crippen LogP) is 4.51. The molecule has 0 atom stereocenters. The summed E-state index contributed by atoms with van der Waals surface area (Å²) in [5.74, 6) is 0.859. The molecule has 1 heterocycles. The molecule has 4 nitrogen and oxygen atoms in total. The molecule has 0 spiro atoms. The Morgan fingerprint density at radius 3 is 2.71 bits per heavy atom. The SMILES string of the molecule is Cc1ccccc1NC(=O)CCSc1nc(C(C)C)ccc1C#N. The molecular formula is C19H21N3OS. The summed E-state index contributed by atoms with van der Waals surface area (Å²) < 4.78 is 0. The summed E-state index contributed by atoms with van der Waals surface area (Å²) >= 11 is 1.45. The third-order valence-corrected chi connectivity index (χ3v) is 4.57. The van der Waals surface area contributed by atoms with Gasteiger partial charge in [0.25, 0.3) is 0 Å². The normalized spacial score (nSPS) is 10.5. The zero-order valence-electron chi connectivity index (χ0n) is 14.2. The molecule has 1 aromatic carbocycles. The lowest BCUT2D eigenvalue weighted by atomic mass is 10.1. The molecular weight excluding hydrogens is 318 g/mol. The highest BCUT2D eigenvalue weighted by molar-refractivity contribution is 7.99. The zero-order chi connectivity index (χ0) is 17.5. The van der Waals surface area contributed by atoms with Crippen LogP contribution in [0.4, 0.5) is 5.69 Å². The first kappa shape index (κ1) is 18.0. The van der Waals surface area contributed by atoms with Gasteiger partial charge < -0.3 is 5.32 Å². The predicted molar refractivity (Wildman–Crippen MR) is 98.2 cm³/mol. The van der Waals surface area contributed by atoms with Crippen LogP contribution in [0.1, 0.15) is 43.0 Å². The fourth-order valence-corrected chi connectivity index (χ4v) is 3.06. The maximum absolute atomic E-state index is 12.1. The van der Waals surface area contributed by atoms with E-state index in [-0.39, 0.29) is 5.91 Å². The summed E-state index contributed by atoms with van der Waals surface area (Å²) in [6.45, 7) is 6.10. The lowest BCUT2D eigenvalue weighted by molar-refractivity contribution is -0.115. The number of thioether (sulfide) groups is 1. The number of benzene rings is 1. The van der Waals surface area contributed by atoms with Crippen LogP contribution in [0.5, 0.6) is 0 Å². The van der Waals surface area contributed by atoms with E-state index in [1.54, 1.807) is 6.07 Å². The minimum absolute atomic E-state index is 0.0321. The molecule has 0 saturated heterocycles. The Bertz CT molecular complexity index is 765. The molecule has 2 rings (SSSR count). The fourth-order valence-electron chi connectivity index (χ4n) is 2.14. The van der Waals surface area contributed by atoms with Gasteiger partial charge in [0, 0.05) is 23.6 Å². The number of pyridine rings is 1. The first-order chi connectivity index (χ1) is 11.5. The monoisotopic (exact) mass is 339 g/mol. The van der Waals surface area contributed by atoms with E-state index in [1.807, 2.05) is 37.3 Å². The molecule has 0 unspecified atom stereocenters. The van der Waals surface area contributed by atoms with Crippen LogP contribution in [0.2, 0.25) is 0 Å². The van der Waals surface area contributed by atoms with E-state index >= 15 is 0 Å². The van der Waals surface area contributed by atoms with Crippen molar-refractivity contribution in [2.75, 3.05) is 11.1 Å². The van der Waals surface area contributed by atoms with Crippen LogP contribution in [0.15, 0.2) is 41.4 Å². The topological polar surface area (TPSA) is 65.8 Å². The lowest BCUT2D eigenvalue weighted by Gasteiger charge is -2.10.